The van der Waals surface area contributed by atoms with Crippen LogP contribution in [0.5, 0.6) is 5.75 Å². The van der Waals surface area contributed by atoms with Crippen LogP contribution in [0.25, 0.3) is 21.0 Å². The van der Waals surface area contributed by atoms with Gasteiger partial charge >= 0.3 is 11.7 Å². The molecular weight excluding hydrogens is 616 g/mol. The molecule has 2 aliphatic heterocycles. The number of nitrogens with zero attached hydrogens (tertiary/aromatic N) is 4. The molecule has 2 bridgehead atoms. The molecule has 244 valence electrons. The second kappa shape index (κ2) is 12.2. The Kier molecular flexibility index (Phi) is 8.38. The van der Waals surface area contributed by atoms with Crippen molar-refractivity contribution in [3.63, 3.8) is 0 Å². The summed E-state index contributed by atoms with van der Waals surface area (Å²) in [5.74, 6) is -0.514. The maximum absolute atomic E-state index is 14.3. The van der Waals surface area contributed by atoms with Gasteiger partial charge in [0.15, 0.2) is 0 Å². The van der Waals surface area contributed by atoms with Crippen molar-refractivity contribution in [3.05, 3.63) is 68.7 Å². The highest BCUT2D eigenvalue weighted by atomic mass is 32.1. The van der Waals surface area contributed by atoms with Crippen molar-refractivity contribution in [2.45, 2.75) is 76.9 Å². The summed E-state index contributed by atoms with van der Waals surface area (Å²) in [7, 11) is 1.55. The number of aliphatic carboxylic acids is 1. The number of fused-ring (bicyclic) bond motifs is 3. The maximum Gasteiger partial charge on any atom is 0.333 e. The fourth-order valence-electron chi connectivity index (χ4n) is 6.67. The molecule has 1 N–H and O–H groups in total. The molecule has 0 saturated carbocycles. The van der Waals surface area contributed by atoms with Gasteiger partial charge in [0, 0.05) is 12.5 Å². The number of aromatic nitrogens is 3. The molecule has 3 unspecified atom stereocenters. The topological polar surface area (TPSA) is 155 Å². The molecule has 5 heterocycles. The lowest BCUT2D eigenvalue weighted by atomic mass is 9.91. The van der Waals surface area contributed by atoms with Gasteiger partial charge in [0.1, 0.15) is 28.5 Å². The fraction of sp³-hybridized carbons (Fsp3) is 0.469. The van der Waals surface area contributed by atoms with Crippen molar-refractivity contribution in [2.75, 3.05) is 20.3 Å². The first-order valence-corrected chi connectivity index (χ1v) is 15.8. The number of benzene rings is 1. The third-order valence-corrected chi connectivity index (χ3v) is 10.3. The van der Waals surface area contributed by atoms with E-state index >= 15 is 0 Å². The molecule has 1 amide bonds. The average Bonchev–Trinajstić information content (AvgIpc) is 3.66. The first-order chi connectivity index (χ1) is 21.9. The summed E-state index contributed by atoms with van der Waals surface area (Å²) < 4.78 is 26.1. The van der Waals surface area contributed by atoms with Crippen LogP contribution >= 0.6 is 11.3 Å². The Bertz CT molecular complexity index is 1890. The van der Waals surface area contributed by atoms with E-state index in [0.29, 0.717) is 52.6 Å². The minimum atomic E-state index is -1.86. The smallest absolute Gasteiger partial charge is 0.333 e. The SMILES string of the molecule is COc1ccccc1C(Cn1c(=O)n(C(C)(C)C(=O)O)c(=O)c2c(C)c(-c3ncco3)sc21)OC1CC2COCC(C1)N2C(C)=O. The number of rotatable bonds is 9. The predicted octanol–water partition coefficient (Wildman–Crippen LogP) is 3.55. The number of carboxylic acid groups (broad SMARTS) is 1. The number of carboxylic acids is 1. The van der Waals surface area contributed by atoms with Crippen molar-refractivity contribution in [2.24, 2.45) is 0 Å². The number of piperidine rings is 1. The van der Waals surface area contributed by atoms with Crippen LogP contribution in [0.4, 0.5) is 0 Å². The van der Waals surface area contributed by atoms with E-state index in [1.165, 1.54) is 42.2 Å². The molecule has 0 spiro atoms. The van der Waals surface area contributed by atoms with Gasteiger partial charge in [0.25, 0.3) is 5.56 Å². The zero-order valence-corrected chi connectivity index (χ0v) is 27.0. The molecule has 3 aromatic heterocycles. The minimum absolute atomic E-state index is 0.00908. The molecule has 2 aliphatic rings. The van der Waals surface area contributed by atoms with Crippen LogP contribution in [0, 0.1) is 6.92 Å². The Balaban J connectivity index is 1.52. The first kappa shape index (κ1) is 31.7. The Hall–Kier alpha value is -4.27. The molecule has 2 fully saturated rings. The van der Waals surface area contributed by atoms with Crippen LogP contribution in [0.2, 0.25) is 0 Å². The first-order valence-electron chi connectivity index (χ1n) is 15.0. The van der Waals surface area contributed by atoms with Gasteiger partial charge in [0.2, 0.25) is 11.8 Å². The van der Waals surface area contributed by atoms with Gasteiger partial charge in [0.05, 0.1) is 61.5 Å². The summed E-state index contributed by atoms with van der Waals surface area (Å²) in [6.07, 6.45) is 2.93. The quantitative estimate of drug-likeness (QED) is 0.284. The van der Waals surface area contributed by atoms with E-state index in [9.17, 15) is 24.3 Å². The van der Waals surface area contributed by atoms with E-state index in [1.54, 1.807) is 27.0 Å². The number of carbonyl (C=O) groups excluding carboxylic acids is 1. The van der Waals surface area contributed by atoms with Gasteiger partial charge in [-0.1, -0.05) is 18.2 Å². The Morgan fingerprint density at radius 3 is 2.48 bits per heavy atom. The van der Waals surface area contributed by atoms with Gasteiger partial charge in [-0.3, -0.25) is 14.2 Å². The molecule has 14 heteroatoms. The number of methoxy groups -OCH3 is 1. The standard InChI is InChI=1S/C32H36N4O9S/c1-17-25-28(38)36(32(3,4)30(39)40)31(41)34(29(25)46-26(17)27-33-10-11-44-27)14-24(22-8-6-7-9-23(22)42-5)45-21-12-19-15-43-16-20(13-21)35(19)18(2)37/h6-11,19-21,24H,12-16H2,1-5H3,(H,39,40). The summed E-state index contributed by atoms with van der Waals surface area (Å²) in [5, 5.41) is 10.3. The number of ether oxygens (including phenoxy) is 3. The van der Waals surface area contributed by atoms with Crippen molar-refractivity contribution >= 4 is 33.4 Å². The Morgan fingerprint density at radius 1 is 1.17 bits per heavy atom. The van der Waals surface area contributed by atoms with Gasteiger partial charge in [-0.15, -0.1) is 11.3 Å². The number of amides is 1. The number of thiophene rings is 1. The van der Waals surface area contributed by atoms with E-state index in [0.717, 1.165) is 4.57 Å². The summed E-state index contributed by atoms with van der Waals surface area (Å²) in [4.78, 5) is 60.2. The van der Waals surface area contributed by atoms with E-state index in [-0.39, 0.29) is 41.9 Å². The highest BCUT2D eigenvalue weighted by Crippen LogP contribution is 2.39. The zero-order chi connectivity index (χ0) is 32.9. The summed E-state index contributed by atoms with van der Waals surface area (Å²) in [5.41, 5.74) is -2.16. The molecule has 6 rings (SSSR count). The summed E-state index contributed by atoms with van der Waals surface area (Å²) in [6, 6.07) is 7.04. The third-order valence-electron chi connectivity index (χ3n) is 8.95. The lowest BCUT2D eigenvalue weighted by Gasteiger charge is -2.48. The maximum atomic E-state index is 14.3. The number of morpholine rings is 1. The van der Waals surface area contributed by atoms with Crippen molar-refractivity contribution in [3.8, 4) is 16.5 Å². The van der Waals surface area contributed by atoms with Gasteiger partial charge in [-0.25, -0.2) is 19.1 Å². The normalized spacial score (nSPS) is 20.5. The van der Waals surface area contributed by atoms with Crippen LogP contribution in [-0.4, -0.2) is 74.5 Å². The molecule has 0 aliphatic carbocycles. The molecular formula is C32H36N4O9S. The van der Waals surface area contributed by atoms with E-state index in [4.69, 9.17) is 18.6 Å². The van der Waals surface area contributed by atoms with Crippen molar-refractivity contribution in [1.82, 2.24) is 19.0 Å². The summed E-state index contributed by atoms with van der Waals surface area (Å²) >= 11 is 1.17. The number of carbonyl (C=O) groups is 2. The lowest BCUT2D eigenvalue weighted by Crippen LogP contribution is -2.60. The van der Waals surface area contributed by atoms with Crippen LogP contribution in [-0.2, 0) is 31.1 Å². The molecule has 46 heavy (non-hydrogen) atoms. The largest absolute Gasteiger partial charge is 0.496 e. The van der Waals surface area contributed by atoms with Crippen molar-refractivity contribution in [1.29, 1.82) is 0 Å². The second-order valence-corrected chi connectivity index (χ2v) is 13.2. The Morgan fingerprint density at radius 2 is 1.87 bits per heavy atom. The van der Waals surface area contributed by atoms with Gasteiger partial charge < -0.3 is 28.6 Å². The highest BCUT2D eigenvalue weighted by molar-refractivity contribution is 7.22. The lowest BCUT2D eigenvalue weighted by molar-refractivity contribution is -0.162. The molecule has 2 saturated heterocycles. The molecule has 3 atom stereocenters. The number of para-hydroxylation sites is 1. The van der Waals surface area contributed by atoms with Crippen LogP contribution in [0.1, 0.15) is 50.8 Å². The molecule has 13 nitrogen and oxygen atoms in total. The highest BCUT2D eigenvalue weighted by Gasteiger charge is 2.42. The Labute approximate surface area is 267 Å². The molecule has 0 radical (unpaired) electrons. The van der Waals surface area contributed by atoms with Crippen molar-refractivity contribution < 1.29 is 33.3 Å². The predicted molar refractivity (Wildman–Crippen MR) is 168 cm³/mol. The van der Waals surface area contributed by atoms with E-state index in [2.05, 4.69) is 4.98 Å². The number of oxazole rings is 1. The number of hydrogen-bond donors (Lipinski definition) is 1. The van der Waals surface area contributed by atoms with E-state index in [1.807, 2.05) is 23.1 Å². The van der Waals surface area contributed by atoms with Crippen LogP contribution in [0.15, 0.2) is 50.7 Å². The monoisotopic (exact) mass is 652 g/mol. The third kappa shape index (κ3) is 5.33. The number of hydrogen-bond acceptors (Lipinski definition) is 10. The molecule has 1 aromatic carbocycles. The fourth-order valence-corrected chi connectivity index (χ4v) is 7.91. The van der Waals surface area contributed by atoms with Crippen LogP contribution in [0.3, 0.4) is 0 Å². The van der Waals surface area contributed by atoms with Gasteiger partial charge in [-0.2, -0.15) is 0 Å². The zero-order valence-electron chi connectivity index (χ0n) is 26.2. The molecule has 4 aromatic rings. The van der Waals surface area contributed by atoms with Gasteiger partial charge in [-0.05, 0) is 45.2 Å². The second-order valence-electron chi connectivity index (χ2n) is 12.2. The number of aryl methyl sites for hydroxylation is 1. The van der Waals surface area contributed by atoms with Crippen LogP contribution < -0.4 is 16.0 Å². The van der Waals surface area contributed by atoms with E-state index < -0.39 is 28.9 Å². The summed E-state index contributed by atoms with van der Waals surface area (Å²) in [6.45, 7) is 6.68. The minimum Gasteiger partial charge on any atom is -0.496 e. The average molecular weight is 653 g/mol.